The second-order valence-corrected chi connectivity index (χ2v) is 7.84. The van der Waals surface area contributed by atoms with Gasteiger partial charge in [0.1, 0.15) is 5.82 Å². The van der Waals surface area contributed by atoms with Gasteiger partial charge in [-0.15, -0.1) is 0 Å². The predicted octanol–water partition coefficient (Wildman–Crippen LogP) is 6.36. The van der Waals surface area contributed by atoms with Crippen molar-refractivity contribution in [2.45, 2.75) is 19.3 Å². The van der Waals surface area contributed by atoms with E-state index in [1.165, 1.54) is 5.56 Å². The molecule has 0 amide bonds. The fourth-order valence-electron chi connectivity index (χ4n) is 3.20. The number of nitrogens with zero attached hydrogens (tertiary/aromatic N) is 2. The largest absolute Gasteiger partial charge is 0.370 e. The number of anilines is 1. The molecule has 4 rings (SSSR count). The Morgan fingerprint density at radius 1 is 1.08 bits per heavy atom. The number of hydrogen-bond donors (Lipinski definition) is 1. The predicted molar refractivity (Wildman–Crippen MR) is 108 cm³/mol. The zero-order chi connectivity index (χ0) is 17.4. The van der Waals surface area contributed by atoms with Crippen LogP contribution in [0.15, 0.2) is 46.9 Å². The van der Waals surface area contributed by atoms with Gasteiger partial charge in [0.15, 0.2) is 0 Å². The quantitative estimate of drug-likeness (QED) is 0.506. The molecule has 1 aliphatic rings. The zero-order valence-electron chi connectivity index (χ0n) is 13.4. The van der Waals surface area contributed by atoms with E-state index in [-0.39, 0.29) is 0 Å². The van der Waals surface area contributed by atoms with Gasteiger partial charge in [-0.05, 0) is 49.6 Å². The van der Waals surface area contributed by atoms with E-state index < -0.39 is 0 Å². The molecule has 0 atom stereocenters. The topological polar surface area (TPSA) is 29.9 Å². The molecule has 1 aromatic heterocycles. The van der Waals surface area contributed by atoms with Crippen LogP contribution < -0.4 is 5.32 Å². The van der Waals surface area contributed by atoms with Gasteiger partial charge in [0.05, 0.1) is 16.4 Å². The number of benzene rings is 2. The minimum atomic E-state index is 0.588. The lowest BCUT2D eigenvalue weighted by Crippen LogP contribution is -2.07. The summed E-state index contributed by atoms with van der Waals surface area (Å²) in [5, 5.41) is 9.65. The van der Waals surface area contributed by atoms with Crippen LogP contribution in [0.1, 0.15) is 18.4 Å². The molecule has 0 fully saturated rings. The zero-order valence-corrected chi connectivity index (χ0v) is 16.5. The molecule has 2 heterocycles. The highest BCUT2D eigenvalue weighted by Crippen LogP contribution is 2.36. The molecule has 0 bridgehead atoms. The molecule has 3 aromatic rings. The van der Waals surface area contributed by atoms with Gasteiger partial charge < -0.3 is 5.32 Å². The minimum absolute atomic E-state index is 0.588. The molecule has 6 heteroatoms. The summed E-state index contributed by atoms with van der Waals surface area (Å²) >= 11 is 16.1. The second-order valence-electron chi connectivity index (χ2n) is 6.08. The van der Waals surface area contributed by atoms with E-state index in [1.807, 2.05) is 28.9 Å². The number of halogens is 3. The van der Waals surface area contributed by atoms with Crippen molar-refractivity contribution in [1.29, 1.82) is 0 Å². The summed E-state index contributed by atoms with van der Waals surface area (Å²) < 4.78 is 2.95. The number of rotatable bonds is 2. The number of nitrogens with one attached hydrogen (secondary N) is 1. The van der Waals surface area contributed by atoms with Crippen LogP contribution in [0.25, 0.3) is 16.9 Å². The van der Waals surface area contributed by atoms with E-state index in [0.717, 1.165) is 53.0 Å². The molecule has 0 radical (unpaired) electrons. The Morgan fingerprint density at radius 2 is 1.96 bits per heavy atom. The van der Waals surface area contributed by atoms with Crippen LogP contribution in [0.5, 0.6) is 0 Å². The van der Waals surface area contributed by atoms with Crippen molar-refractivity contribution < 1.29 is 0 Å². The Morgan fingerprint density at radius 3 is 2.76 bits per heavy atom. The van der Waals surface area contributed by atoms with E-state index in [2.05, 4.69) is 33.4 Å². The first-order chi connectivity index (χ1) is 12.1. The third-order valence-corrected chi connectivity index (χ3v) is 5.40. The van der Waals surface area contributed by atoms with Crippen LogP contribution in [0.2, 0.25) is 10.0 Å². The van der Waals surface area contributed by atoms with E-state index in [4.69, 9.17) is 28.3 Å². The molecule has 0 saturated carbocycles. The third-order valence-electron chi connectivity index (χ3n) is 4.37. The summed E-state index contributed by atoms with van der Waals surface area (Å²) in [6.45, 7) is 0.932. The van der Waals surface area contributed by atoms with E-state index in [9.17, 15) is 0 Å². The van der Waals surface area contributed by atoms with Crippen LogP contribution in [0.4, 0.5) is 5.82 Å². The van der Waals surface area contributed by atoms with Crippen molar-refractivity contribution in [3.05, 3.63) is 62.5 Å². The first-order valence-electron chi connectivity index (χ1n) is 8.20. The van der Waals surface area contributed by atoms with Crippen molar-refractivity contribution >= 4 is 44.9 Å². The number of aromatic nitrogens is 2. The van der Waals surface area contributed by atoms with Crippen molar-refractivity contribution in [3.63, 3.8) is 0 Å². The fourth-order valence-corrected chi connectivity index (χ4v) is 4.09. The summed E-state index contributed by atoms with van der Waals surface area (Å²) in [6.07, 6.45) is 3.28. The molecule has 0 saturated heterocycles. The van der Waals surface area contributed by atoms with Gasteiger partial charge in [0.2, 0.25) is 0 Å². The molecule has 0 aliphatic carbocycles. The van der Waals surface area contributed by atoms with Gasteiger partial charge in [0.25, 0.3) is 0 Å². The van der Waals surface area contributed by atoms with E-state index in [1.54, 1.807) is 6.07 Å². The molecule has 25 heavy (non-hydrogen) atoms. The standard InChI is InChI=1S/C19H16BrCl2N3/c20-13-5-3-4-12(10-13)18-15-6-1-2-9-23-19(15)25(24-18)17-8-7-14(21)11-16(17)22/h3-5,7-8,10-11,23H,1-2,6,9H2. The minimum Gasteiger partial charge on any atom is -0.370 e. The van der Waals surface area contributed by atoms with Crippen molar-refractivity contribution in [2.24, 2.45) is 0 Å². The molecule has 128 valence electrons. The number of fused-ring (bicyclic) bond motifs is 1. The average molecular weight is 437 g/mol. The SMILES string of the molecule is Clc1ccc(-n2nc(-c3cccc(Br)c3)c3c2NCCCC3)c(Cl)c1. The third kappa shape index (κ3) is 3.31. The van der Waals surface area contributed by atoms with Gasteiger partial charge in [-0.25, -0.2) is 4.68 Å². The highest BCUT2D eigenvalue weighted by atomic mass is 79.9. The monoisotopic (exact) mass is 435 g/mol. The van der Waals surface area contributed by atoms with E-state index >= 15 is 0 Å². The molecule has 1 aliphatic heterocycles. The van der Waals surface area contributed by atoms with Gasteiger partial charge >= 0.3 is 0 Å². The fraction of sp³-hybridized carbons (Fsp3) is 0.211. The van der Waals surface area contributed by atoms with Crippen molar-refractivity contribution in [1.82, 2.24) is 9.78 Å². The highest BCUT2D eigenvalue weighted by molar-refractivity contribution is 9.10. The second kappa shape index (κ2) is 7.02. The normalized spacial score (nSPS) is 13.9. The Kier molecular flexibility index (Phi) is 4.76. The maximum Gasteiger partial charge on any atom is 0.133 e. The maximum absolute atomic E-state index is 6.45. The molecule has 0 spiro atoms. The summed E-state index contributed by atoms with van der Waals surface area (Å²) in [6, 6.07) is 13.7. The highest BCUT2D eigenvalue weighted by Gasteiger charge is 2.22. The van der Waals surface area contributed by atoms with Gasteiger partial charge in [0, 0.05) is 27.2 Å². The van der Waals surface area contributed by atoms with Gasteiger partial charge in [-0.2, -0.15) is 5.10 Å². The Bertz CT molecular complexity index is 936. The molecular weight excluding hydrogens is 421 g/mol. The Labute approximate surface area is 165 Å². The molecule has 3 nitrogen and oxygen atoms in total. The first-order valence-corrected chi connectivity index (χ1v) is 9.75. The van der Waals surface area contributed by atoms with Crippen molar-refractivity contribution in [3.8, 4) is 16.9 Å². The Hall–Kier alpha value is -1.49. The molecular formula is C19H16BrCl2N3. The van der Waals surface area contributed by atoms with Crippen LogP contribution in [-0.4, -0.2) is 16.3 Å². The summed E-state index contributed by atoms with van der Waals surface area (Å²) in [5.41, 5.74) is 4.16. The lowest BCUT2D eigenvalue weighted by molar-refractivity contribution is 0.780. The lowest BCUT2D eigenvalue weighted by Gasteiger charge is -2.10. The summed E-state index contributed by atoms with van der Waals surface area (Å²) in [7, 11) is 0. The molecule has 2 aromatic carbocycles. The Balaban J connectivity index is 1.93. The number of hydrogen-bond acceptors (Lipinski definition) is 2. The summed E-state index contributed by atoms with van der Waals surface area (Å²) in [4.78, 5) is 0. The lowest BCUT2D eigenvalue weighted by atomic mass is 10.0. The van der Waals surface area contributed by atoms with E-state index in [0.29, 0.717) is 10.0 Å². The smallest absolute Gasteiger partial charge is 0.133 e. The summed E-state index contributed by atoms with van der Waals surface area (Å²) in [5.74, 6) is 1.02. The maximum atomic E-state index is 6.45. The van der Waals surface area contributed by atoms with Crippen LogP contribution in [0.3, 0.4) is 0 Å². The first kappa shape index (κ1) is 17.0. The van der Waals surface area contributed by atoms with Crippen LogP contribution >= 0.6 is 39.1 Å². The van der Waals surface area contributed by atoms with Gasteiger partial charge in [-0.3, -0.25) is 0 Å². The van der Waals surface area contributed by atoms with Crippen molar-refractivity contribution in [2.75, 3.05) is 11.9 Å². The van der Waals surface area contributed by atoms with Crippen LogP contribution in [0, 0.1) is 0 Å². The molecule has 0 unspecified atom stereocenters. The van der Waals surface area contributed by atoms with Gasteiger partial charge in [-0.1, -0.05) is 51.3 Å². The average Bonchev–Trinajstić information content (AvgIpc) is 2.77. The van der Waals surface area contributed by atoms with Crippen LogP contribution in [-0.2, 0) is 6.42 Å². The molecule has 1 N–H and O–H groups in total.